The molecule has 4 aromatic carbocycles. The molecule has 0 heterocycles. The predicted molar refractivity (Wildman–Crippen MR) is 262 cm³/mol. The molecule has 0 amide bonds. The summed E-state index contributed by atoms with van der Waals surface area (Å²) in [7, 11) is 0. The molecule has 68 heavy (non-hydrogen) atoms. The van der Waals surface area contributed by atoms with Gasteiger partial charge in [-0.3, -0.25) is 0 Å². The van der Waals surface area contributed by atoms with Crippen molar-refractivity contribution in [3.63, 3.8) is 0 Å². The number of esters is 4. The van der Waals surface area contributed by atoms with Crippen molar-refractivity contribution in [1.82, 2.24) is 0 Å². The third-order valence-corrected chi connectivity index (χ3v) is 9.50. The molecular formula is C60H48O8. The summed E-state index contributed by atoms with van der Waals surface area (Å²) in [6.45, 7) is 9.08. The quantitative estimate of drug-likeness (QED) is 0.0475. The molecular weight excluding hydrogens is 849 g/mol. The number of ether oxygens (including phenoxy) is 4. The summed E-state index contributed by atoms with van der Waals surface area (Å²) in [6, 6.07) is 19.7. The van der Waals surface area contributed by atoms with Crippen LogP contribution in [0, 0.1) is 94.7 Å². The van der Waals surface area contributed by atoms with Crippen LogP contribution in [0.25, 0.3) is 0 Å². The van der Waals surface area contributed by atoms with Crippen molar-refractivity contribution >= 4 is 23.9 Å². The molecule has 8 bridgehead atoms. The van der Waals surface area contributed by atoms with Crippen LogP contribution in [0.4, 0.5) is 0 Å². The lowest BCUT2D eigenvalue weighted by Gasteiger charge is -2.05. The summed E-state index contributed by atoms with van der Waals surface area (Å²) in [5.41, 5.74) is 4.71. The number of rotatable bonds is 16. The van der Waals surface area contributed by atoms with Gasteiger partial charge in [-0.1, -0.05) is 101 Å². The number of hydrogen-bond acceptors (Lipinski definition) is 8. The van der Waals surface area contributed by atoms with Crippen molar-refractivity contribution in [2.24, 2.45) is 0 Å². The summed E-state index contributed by atoms with van der Waals surface area (Å²) in [5.74, 6) is 44.6. The highest BCUT2D eigenvalue weighted by Crippen LogP contribution is 2.16. The summed E-state index contributed by atoms with van der Waals surface area (Å²) in [5, 5.41) is 0. The van der Waals surface area contributed by atoms with Crippen LogP contribution in [0.3, 0.4) is 0 Å². The van der Waals surface area contributed by atoms with Crippen LogP contribution < -0.4 is 0 Å². The van der Waals surface area contributed by atoms with E-state index in [2.05, 4.69) is 94.7 Å². The van der Waals surface area contributed by atoms with Crippen LogP contribution in [0.5, 0.6) is 0 Å². The maximum Gasteiger partial charge on any atom is 0.338 e. The Balaban J connectivity index is 1.66. The lowest BCUT2D eigenvalue weighted by atomic mass is 10.0. The first-order valence-electron chi connectivity index (χ1n) is 22.5. The SMILES string of the molecule is CCCCOC(=O)c1cc2cc(c1)C#CC#Cc1cc(cc(C(=O)OCCCC)c1)C#CC#Cc1cc(cc(C(=O)OCCCC)c1)C#CC#Cc1cc(cc(C(=O)OCCCC)c1)C#CC#C2. The number of hydrogen-bond donors (Lipinski definition) is 0. The molecule has 5 rings (SSSR count). The Kier molecular flexibility index (Phi) is 20.3. The fraction of sp³-hybridized carbons (Fsp3) is 0.267. The molecule has 4 aromatic rings. The van der Waals surface area contributed by atoms with Crippen LogP contribution in [0.1, 0.15) is 165 Å². The monoisotopic (exact) mass is 896 g/mol. The Morgan fingerprint density at radius 1 is 0.294 bits per heavy atom. The van der Waals surface area contributed by atoms with Gasteiger partial charge >= 0.3 is 23.9 Å². The summed E-state index contributed by atoms with van der Waals surface area (Å²) < 4.78 is 21.9. The van der Waals surface area contributed by atoms with Gasteiger partial charge < -0.3 is 18.9 Å². The fourth-order valence-electron chi connectivity index (χ4n) is 5.96. The Morgan fingerprint density at radius 2 is 0.456 bits per heavy atom. The molecule has 0 saturated heterocycles. The molecule has 8 heteroatoms. The normalized spacial score (nSPS) is 10.4. The average Bonchev–Trinajstić information content (AvgIpc) is 3.34. The fourth-order valence-corrected chi connectivity index (χ4v) is 5.96. The molecule has 0 atom stereocenters. The second kappa shape index (κ2) is 27.5. The smallest absolute Gasteiger partial charge is 0.338 e. The van der Waals surface area contributed by atoms with Gasteiger partial charge in [0.25, 0.3) is 0 Å². The zero-order valence-electron chi connectivity index (χ0n) is 38.7. The van der Waals surface area contributed by atoms with Gasteiger partial charge in [0.1, 0.15) is 0 Å². The van der Waals surface area contributed by atoms with Gasteiger partial charge in [-0.05, 0) is 146 Å². The molecule has 336 valence electrons. The topological polar surface area (TPSA) is 105 Å². The van der Waals surface area contributed by atoms with Gasteiger partial charge in [0.2, 0.25) is 0 Å². The second-order valence-corrected chi connectivity index (χ2v) is 15.2. The van der Waals surface area contributed by atoms with E-state index < -0.39 is 23.9 Å². The molecule has 1 aliphatic rings. The lowest BCUT2D eigenvalue weighted by Crippen LogP contribution is -2.07. The molecule has 0 saturated carbocycles. The summed E-state index contributed by atoms with van der Waals surface area (Å²) in [6.07, 6.45) is 6.30. The van der Waals surface area contributed by atoms with Crippen molar-refractivity contribution in [2.75, 3.05) is 26.4 Å². The number of unbranched alkanes of at least 4 members (excludes halogenated alkanes) is 4. The predicted octanol–water partition coefficient (Wildman–Crippen LogP) is 9.44. The van der Waals surface area contributed by atoms with Crippen molar-refractivity contribution in [1.29, 1.82) is 0 Å². The first kappa shape index (κ1) is 50.2. The third kappa shape index (κ3) is 17.0. The van der Waals surface area contributed by atoms with Gasteiger partial charge in [0, 0.05) is 44.5 Å². The third-order valence-electron chi connectivity index (χ3n) is 9.50. The van der Waals surface area contributed by atoms with E-state index in [0.717, 1.165) is 25.7 Å². The Hall–Kier alpha value is -8.76. The van der Waals surface area contributed by atoms with Crippen molar-refractivity contribution in [3.8, 4) is 94.7 Å². The minimum atomic E-state index is -0.518. The van der Waals surface area contributed by atoms with Gasteiger partial charge in [0.05, 0.1) is 48.7 Å². The van der Waals surface area contributed by atoms with Gasteiger partial charge in [-0.2, -0.15) is 0 Å². The zero-order valence-corrected chi connectivity index (χ0v) is 38.7. The van der Waals surface area contributed by atoms with Crippen molar-refractivity contribution < 1.29 is 38.1 Å². The Labute approximate surface area is 400 Å². The minimum Gasteiger partial charge on any atom is -0.462 e. The zero-order chi connectivity index (χ0) is 48.4. The largest absolute Gasteiger partial charge is 0.462 e. The van der Waals surface area contributed by atoms with E-state index in [1.165, 1.54) is 0 Å². The number of fused-ring (bicyclic) bond motifs is 8. The molecule has 0 radical (unpaired) electrons. The molecule has 0 aliphatic heterocycles. The Bertz CT molecular complexity index is 2520. The van der Waals surface area contributed by atoms with Crippen LogP contribution in [-0.4, -0.2) is 50.3 Å². The van der Waals surface area contributed by atoms with E-state index in [1.807, 2.05) is 27.7 Å². The highest BCUT2D eigenvalue weighted by atomic mass is 16.5. The molecule has 8 nitrogen and oxygen atoms in total. The molecule has 0 spiro atoms. The van der Waals surface area contributed by atoms with E-state index in [9.17, 15) is 19.2 Å². The highest BCUT2D eigenvalue weighted by Gasteiger charge is 2.13. The molecule has 1 aliphatic carbocycles. The second-order valence-electron chi connectivity index (χ2n) is 15.2. The number of carbonyl (C=O) groups is 4. The van der Waals surface area contributed by atoms with Crippen LogP contribution in [-0.2, 0) is 18.9 Å². The van der Waals surface area contributed by atoms with Gasteiger partial charge in [0.15, 0.2) is 0 Å². The number of carbonyl (C=O) groups excluding carboxylic acids is 4. The molecule has 0 aromatic heterocycles. The minimum absolute atomic E-state index is 0.261. The maximum absolute atomic E-state index is 13.1. The highest BCUT2D eigenvalue weighted by molar-refractivity contribution is 5.92. The standard InChI is InChI=1S/C60H48O8/c1-5-9-29-65-57(61)53-37-45-21-13-15-23-47-34-49(41-54(39-47)58(62)66-30-10-6-2)25-17-19-27-51-36-52(44-56(43-51)60(64)68-32-12-8-4)28-20-18-26-50-35-48(24-16-14-22-46(33-45)38-53)40-55(42-50)59(63)67-31-11-7-3/h33-44H,5-12,29-32H2,1-4H3. The van der Waals surface area contributed by atoms with Crippen LogP contribution in [0.15, 0.2) is 72.8 Å². The number of benzene rings is 4. The van der Waals surface area contributed by atoms with E-state index in [-0.39, 0.29) is 48.7 Å². The average molecular weight is 897 g/mol. The first-order valence-corrected chi connectivity index (χ1v) is 22.5. The van der Waals surface area contributed by atoms with E-state index in [4.69, 9.17) is 18.9 Å². The summed E-state index contributed by atoms with van der Waals surface area (Å²) in [4.78, 5) is 52.3. The molecule has 0 fully saturated rings. The van der Waals surface area contributed by atoms with E-state index >= 15 is 0 Å². The van der Waals surface area contributed by atoms with Crippen molar-refractivity contribution in [3.05, 3.63) is 140 Å². The maximum atomic E-state index is 13.1. The van der Waals surface area contributed by atoms with Gasteiger partial charge in [-0.15, -0.1) is 0 Å². The first-order chi connectivity index (χ1) is 33.2. The lowest BCUT2D eigenvalue weighted by molar-refractivity contribution is 0.0490. The van der Waals surface area contributed by atoms with Gasteiger partial charge in [-0.25, -0.2) is 19.2 Å². The summed E-state index contributed by atoms with van der Waals surface area (Å²) >= 11 is 0. The van der Waals surface area contributed by atoms with Crippen LogP contribution in [0.2, 0.25) is 0 Å². The molecule has 0 unspecified atom stereocenters. The Morgan fingerprint density at radius 3 is 0.603 bits per heavy atom. The van der Waals surface area contributed by atoms with E-state index in [0.29, 0.717) is 70.2 Å². The van der Waals surface area contributed by atoms with Crippen molar-refractivity contribution in [2.45, 2.75) is 79.1 Å². The van der Waals surface area contributed by atoms with Crippen LogP contribution >= 0.6 is 0 Å². The van der Waals surface area contributed by atoms with E-state index in [1.54, 1.807) is 72.8 Å². The molecule has 0 N–H and O–H groups in total.